The van der Waals surface area contributed by atoms with Gasteiger partial charge < -0.3 is 15.3 Å². The Bertz CT molecular complexity index is 259. The Morgan fingerprint density at radius 3 is 1.93 bits per heavy atom. The van der Waals surface area contributed by atoms with Crippen LogP contribution in [0.15, 0.2) is 0 Å². The first kappa shape index (κ1) is 13.4. The fourth-order valence-electron chi connectivity index (χ4n) is 1.35. The Morgan fingerprint density at radius 1 is 1.07 bits per heavy atom. The number of hydrogen-bond acceptors (Lipinski definition) is 3. The smallest absolute Gasteiger partial charge is 0.306 e. The Kier molecular flexibility index (Phi) is 5.36. The molecule has 2 unspecified atom stereocenters. The van der Waals surface area contributed by atoms with Gasteiger partial charge in [0.25, 0.3) is 0 Å². The molecule has 0 spiro atoms. The largest absolute Gasteiger partial charge is 0.481 e. The molecule has 0 saturated heterocycles. The average molecular weight is 218 g/mol. The van der Waals surface area contributed by atoms with Gasteiger partial charge in [0.15, 0.2) is 0 Å². The van der Waals surface area contributed by atoms with Crippen molar-refractivity contribution in [2.75, 3.05) is 0 Å². The lowest BCUT2D eigenvalue weighted by atomic mass is 9.87. The molecule has 0 fully saturated rings. The molecule has 0 aliphatic heterocycles. The Hall–Kier alpha value is -1.59. The number of carboxylic acids is 3. The van der Waals surface area contributed by atoms with E-state index in [1.54, 1.807) is 0 Å². The summed E-state index contributed by atoms with van der Waals surface area (Å²) in [7, 11) is 0. The Balaban J connectivity index is 4.31. The summed E-state index contributed by atoms with van der Waals surface area (Å²) in [4.78, 5) is 31.4. The van der Waals surface area contributed by atoms with Gasteiger partial charge in [-0.2, -0.15) is 0 Å². The van der Waals surface area contributed by atoms with Crippen molar-refractivity contribution in [1.82, 2.24) is 0 Å². The summed E-state index contributed by atoms with van der Waals surface area (Å²) in [5.41, 5.74) is 0. The topological polar surface area (TPSA) is 112 Å². The van der Waals surface area contributed by atoms with E-state index in [0.29, 0.717) is 0 Å². The molecule has 6 nitrogen and oxygen atoms in total. The van der Waals surface area contributed by atoms with Crippen molar-refractivity contribution in [1.29, 1.82) is 0 Å². The van der Waals surface area contributed by atoms with E-state index in [1.165, 1.54) is 6.92 Å². The summed E-state index contributed by atoms with van der Waals surface area (Å²) in [6.45, 7) is 1.49. The predicted octanol–water partition coefficient (Wildman–Crippen LogP) is 0.663. The second-order valence-corrected chi connectivity index (χ2v) is 3.45. The van der Waals surface area contributed by atoms with Crippen molar-refractivity contribution in [3.63, 3.8) is 0 Å². The van der Waals surface area contributed by atoms with Gasteiger partial charge in [0.2, 0.25) is 0 Å². The maximum Gasteiger partial charge on any atom is 0.306 e. The molecule has 6 heteroatoms. The van der Waals surface area contributed by atoms with E-state index in [1.807, 2.05) is 0 Å². The fourth-order valence-corrected chi connectivity index (χ4v) is 1.35. The van der Waals surface area contributed by atoms with Gasteiger partial charge in [-0.15, -0.1) is 0 Å². The molecule has 15 heavy (non-hydrogen) atoms. The maximum atomic E-state index is 10.7. The van der Waals surface area contributed by atoms with Gasteiger partial charge in [-0.05, 0) is 12.3 Å². The first-order valence-corrected chi connectivity index (χ1v) is 4.51. The number of carbonyl (C=O) groups is 3. The van der Waals surface area contributed by atoms with Gasteiger partial charge in [-0.25, -0.2) is 0 Å². The molecular weight excluding hydrogens is 204 g/mol. The highest BCUT2D eigenvalue weighted by Gasteiger charge is 2.26. The molecule has 0 aliphatic rings. The molecular formula is C9H14O6. The SMILES string of the molecule is CC(CC(=O)O)C(CCC(=O)O)C(=O)O. The summed E-state index contributed by atoms with van der Waals surface area (Å²) in [6, 6.07) is 0. The molecule has 3 N–H and O–H groups in total. The second-order valence-electron chi connectivity index (χ2n) is 3.45. The number of aliphatic carboxylic acids is 3. The van der Waals surface area contributed by atoms with Gasteiger partial charge >= 0.3 is 17.9 Å². The van der Waals surface area contributed by atoms with Crippen LogP contribution >= 0.6 is 0 Å². The third kappa shape index (κ3) is 5.66. The zero-order chi connectivity index (χ0) is 12.0. The molecule has 0 aromatic carbocycles. The van der Waals surface area contributed by atoms with Crippen LogP contribution in [0.4, 0.5) is 0 Å². The zero-order valence-corrected chi connectivity index (χ0v) is 8.34. The number of carboxylic acid groups (broad SMARTS) is 3. The highest BCUT2D eigenvalue weighted by Crippen LogP contribution is 2.21. The molecule has 0 aliphatic carbocycles. The van der Waals surface area contributed by atoms with E-state index in [4.69, 9.17) is 15.3 Å². The van der Waals surface area contributed by atoms with Crippen LogP contribution in [0, 0.1) is 11.8 Å². The first-order chi connectivity index (χ1) is 6.84. The van der Waals surface area contributed by atoms with Crippen LogP contribution in [0.25, 0.3) is 0 Å². The minimum atomic E-state index is -1.15. The average Bonchev–Trinajstić information content (AvgIpc) is 2.01. The molecule has 0 heterocycles. The highest BCUT2D eigenvalue weighted by molar-refractivity contribution is 5.74. The third-order valence-electron chi connectivity index (χ3n) is 2.17. The lowest BCUT2D eigenvalue weighted by Gasteiger charge is -2.17. The fraction of sp³-hybridized carbons (Fsp3) is 0.667. The quantitative estimate of drug-likeness (QED) is 0.578. The van der Waals surface area contributed by atoms with Gasteiger partial charge in [-0.3, -0.25) is 14.4 Å². The van der Waals surface area contributed by atoms with Crippen molar-refractivity contribution >= 4 is 17.9 Å². The van der Waals surface area contributed by atoms with Crippen LogP contribution in [0.5, 0.6) is 0 Å². The minimum Gasteiger partial charge on any atom is -0.481 e. The Morgan fingerprint density at radius 2 is 1.60 bits per heavy atom. The molecule has 0 bridgehead atoms. The maximum absolute atomic E-state index is 10.7. The third-order valence-corrected chi connectivity index (χ3v) is 2.17. The predicted molar refractivity (Wildman–Crippen MR) is 49.4 cm³/mol. The summed E-state index contributed by atoms with van der Waals surface area (Å²) >= 11 is 0. The summed E-state index contributed by atoms with van der Waals surface area (Å²) < 4.78 is 0. The van der Waals surface area contributed by atoms with Crippen LogP contribution in [0.3, 0.4) is 0 Å². The van der Waals surface area contributed by atoms with E-state index in [-0.39, 0.29) is 19.3 Å². The van der Waals surface area contributed by atoms with Crippen molar-refractivity contribution in [3.8, 4) is 0 Å². The molecule has 0 radical (unpaired) electrons. The van der Waals surface area contributed by atoms with Crippen molar-refractivity contribution < 1.29 is 29.7 Å². The minimum absolute atomic E-state index is 0.0425. The molecule has 0 amide bonds. The summed E-state index contributed by atoms with van der Waals surface area (Å²) in [6.07, 6.45) is -0.573. The molecule has 0 saturated carbocycles. The molecule has 0 aromatic rings. The standard InChI is InChI=1S/C9H14O6/c1-5(4-8(12)13)6(9(14)15)2-3-7(10)11/h5-6H,2-4H2,1H3,(H,10,11)(H,12,13)(H,14,15). The van der Waals surface area contributed by atoms with Crippen LogP contribution < -0.4 is 0 Å². The van der Waals surface area contributed by atoms with Crippen LogP contribution in [0.2, 0.25) is 0 Å². The van der Waals surface area contributed by atoms with E-state index in [2.05, 4.69) is 0 Å². The zero-order valence-electron chi connectivity index (χ0n) is 8.34. The van der Waals surface area contributed by atoms with Gasteiger partial charge in [-0.1, -0.05) is 6.92 Å². The molecule has 0 aromatic heterocycles. The Labute approximate surface area is 86.5 Å². The summed E-state index contributed by atoms with van der Waals surface area (Å²) in [5, 5.41) is 25.7. The van der Waals surface area contributed by atoms with Crippen molar-refractivity contribution in [2.45, 2.75) is 26.2 Å². The molecule has 0 rings (SSSR count). The van der Waals surface area contributed by atoms with Gasteiger partial charge in [0, 0.05) is 12.8 Å². The van der Waals surface area contributed by atoms with E-state index in [0.717, 1.165) is 0 Å². The van der Waals surface area contributed by atoms with Crippen LogP contribution in [-0.2, 0) is 14.4 Å². The van der Waals surface area contributed by atoms with Crippen molar-refractivity contribution in [2.24, 2.45) is 11.8 Å². The van der Waals surface area contributed by atoms with Crippen LogP contribution in [-0.4, -0.2) is 33.2 Å². The highest BCUT2D eigenvalue weighted by atomic mass is 16.4. The number of hydrogen-bond donors (Lipinski definition) is 3. The normalized spacial score (nSPS) is 14.2. The monoisotopic (exact) mass is 218 g/mol. The van der Waals surface area contributed by atoms with Gasteiger partial charge in [0.1, 0.15) is 0 Å². The molecule has 2 atom stereocenters. The lowest BCUT2D eigenvalue weighted by Crippen LogP contribution is -2.24. The van der Waals surface area contributed by atoms with Crippen molar-refractivity contribution in [3.05, 3.63) is 0 Å². The molecule has 86 valence electrons. The number of rotatable bonds is 7. The summed E-state index contributed by atoms with van der Waals surface area (Å²) in [5.74, 6) is -4.80. The van der Waals surface area contributed by atoms with E-state index < -0.39 is 29.7 Å². The van der Waals surface area contributed by atoms with E-state index in [9.17, 15) is 14.4 Å². The van der Waals surface area contributed by atoms with E-state index >= 15 is 0 Å². The first-order valence-electron chi connectivity index (χ1n) is 4.51. The second kappa shape index (κ2) is 6.00. The van der Waals surface area contributed by atoms with Crippen LogP contribution in [0.1, 0.15) is 26.2 Å². The lowest BCUT2D eigenvalue weighted by molar-refractivity contribution is -0.146. The van der Waals surface area contributed by atoms with Gasteiger partial charge in [0.05, 0.1) is 5.92 Å².